The van der Waals surface area contributed by atoms with Crippen molar-refractivity contribution < 1.29 is 22.8 Å². The summed E-state index contributed by atoms with van der Waals surface area (Å²) in [6.07, 6.45) is -1.94. The molecule has 33 heavy (non-hydrogen) atoms. The Morgan fingerprint density at radius 1 is 1.09 bits per heavy atom. The summed E-state index contributed by atoms with van der Waals surface area (Å²) < 4.78 is 39.7. The maximum atomic E-state index is 13.2. The number of alkyl halides is 3. The number of hydrogen-bond donors (Lipinski definition) is 1. The number of amides is 2. The second-order valence-electron chi connectivity index (χ2n) is 9.09. The number of fused-ring (bicyclic) bond motifs is 2. The first-order valence-electron chi connectivity index (χ1n) is 11.1. The van der Waals surface area contributed by atoms with Crippen molar-refractivity contribution in [2.24, 2.45) is 5.73 Å². The molecule has 1 fully saturated rings. The summed E-state index contributed by atoms with van der Waals surface area (Å²) in [7, 11) is 0. The van der Waals surface area contributed by atoms with Gasteiger partial charge in [-0.2, -0.15) is 13.2 Å². The molecular weight excluding hydrogens is 453 g/mol. The van der Waals surface area contributed by atoms with Gasteiger partial charge in [0, 0.05) is 36.4 Å². The van der Waals surface area contributed by atoms with Crippen LogP contribution in [0.15, 0.2) is 42.5 Å². The van der Waals surface area contributed by atoms with E-state index in [2.05, 4.69) is 0 Å². The molecule has 1 saturated heterocycles. The van der Waals surface area contributed by atoms with Gasteiger partial charge in [-0.1, -0.05) is 41.9 Å². The standard InChI is InChI=1S/C25H26ClF3N2O2/c26-20-7-3-5-18-17(14-21(30)32)15-24(23(18)20)10-12-31(13-11-24)22(33)9-8-16-4-1-2-6-19(16)25(27,28)29/h1-7,17H,8-15H2,(H2,30,32). The van der Waals surface area contributed by atoms with Crippen molar-refractivity contribution >= 4 is 23.4 Å². The van der Waals surface area contributed by atoms with Gasteiger partial charge in [0.05, 0.1) is 5.56 Å². The first-order valence-corrected chi connectivity index (χ1v) is 11.5. The van der Waals surface area contributed by atoms with Crippen LogP contribution in [0.25, 0.3) is 0 Å². The molecule has 1 aliphatic heterocycles. The Morgan fingerprint density at radius 3 is 2.45 bits per heavy atom. The second-order valence-corrected chi connectivity index (χ2v) is 9.50. The third kappa shape index (κ3) is 4.74. The highest BCUT2D eigenvalue weighted by molar-refractivity contribution is 6.31. The molecule has 0 saturated carbocycles. The number of aryl methyl sites for hydroxylation is 1. The molecule has 4 rings (SSSR count). The Balaban J connectivity index is 1.43. The van der Waals surface area contributed by atoms with E-state index in [9.17, 15) is 22.8 Å². The van der Waals surface area contributed by atoms with Gasteiger partial charge in [-0.05, 0) is 60.4 Å². The van der Waals surface area contributed by atoms with E-state index in [-0.39, 0.29) is 48.0 Å². The monoisotopic (exact) mass is 478 g/mol. The quantitative estimate of drug-likeness (QED) is 0.640. The number of nitrogens with two attached hydrogens (primary N) is 1. The molecule has 0 aromatic heterocycles. The number of nitrogens with zero attached hydrogens (tertiary/aromatic N) is 1. The third-order valence-corrected chi connectivity index (χ3v) is 7.42. The first-order chi connectivity index (χ1) is 15.6. The SMILES string of the molecule is NC(=O)CC1CC2(CCN(C(=O)CCc3ccccc3C(F)(F)F)CC2)c2c(Cl)cccc21. The van der Waals surface area contributed by atoms with Crippen molar-refractivity contribution in [1.29, 1.82) is 0 Å². The molecule has 1 spiro atoms. The van der Waals surface area contributed by atoms with Gasteiger partial charge in [-0.15, -0.1) is 0 Å². The molecule has 1 aliphatic carbocycles. The van der Waals surface area contributed by atoms with Crippen LogP contribution in [0, 0.1) is 0 Å². The largest absolute Gasteiger partial charge is 0.416 e. The van der Waals surface area contributed by atoms with E-state index >= 15 is 0 Å². The Kier molecular flexibility index (Phi) is 6.45. The predicted octanol–water partition coefficient (Wildman–Crippen LogP) is 5.21. The zero-order valence-corrected chi connectivity index (χ0v) is 18.9. The lowest BCUT2D eigenvalue weighted by molar-refractivity contribution is -0.139. The number of benzene rings is 2. The van der Waals surface area contributed by atoms with Crippen LogP contribution in [0.3, 0.4) is 0 Å². The number of rotatable bonds is 5. The van der Waals surface area contributed by atoms with Gasteiger partial charge >= 0.3 is 6.18 Å². The smallest absolute Gasteiger partial charge is 0.370 e. The second kappa shape index (κ2) is 9.01. The lowest BCUT2D eigenvalue weighted by atomic mass is 9.73. The highest BCUT2D eigenvalue weighted by Crippen LogP contribution is 2.54. The Bertz CT molecular complexity index is 1060. The van der Waals surface area contributed by atoms with Gasteiger partial charge in [0.1, 0.15) is 0 Å². The molecule has 1 atom stereocenters. The van der Waals surface area contributed by atoms with Gasteiger partial charge < -0.3 is 10.6 Å². The molecule has 1 heterocycles. The molecule has 176 valence electrons. The third-order valence-electron chi connectivity index (χ3n) is 7.10. The van der Waals surface area contributed by atoms with Gasteiger partial charge in [0.15, 0.2) is 0 Å². The molecule has 0 bridgehead atoms. The maximum Gasteiger partial charge on any atom is 0.416 e. The van der Waals surface area contributed by atoms with E-state index in [0.29, 0.717) is 31.0 Å². The van der Waals surface area contributed by atoms with E-state index in [4.69, 9.17) is 17.3 Å². The number of primary amides is 1. The fraction of sp³-hybridized carbons (Fsp3) is 0.440. The van der Waals surface area contributed by atoms with Crippen molar-refractivity contribution in [3.8, 4) is 0 Å². The molecule has 2 N–H and O–H groups in total. The predicted molar refractivity (Wildman–Crippen MR) is 120 cm³/mol. The number of carbonyl (C=O) groups excluding carboxylic acids is 2. The van der Waals surface area contributed by atoms with Crippen molar-refractivity contribution in [1.82, 2.24) is 4.90 Å². The van der Waals surface area contributed by atoms with Crippen molar-refractivity contribution in [2.45, 2.75) is 56.0 Å². The minimum Gasteiger partial charge on any atom is -0.370 e. The van der Waals surface area contributed by atoms with Gasteiger partial charge in [-0.25, -0.2) is 0 Å². The fourth-order valence-corrected chi connectivity index (χ4v) is 5.98. The van der Waals surface area contributed by atoms with Crippen LogP contribution >= 0.6 is 11.6 Å². The summed E-state index contributed by atoms with van der Waals surface area (Å²) in [5.41, 5.74) is 6.83. The highest BCUT2D eigenvalue weighted by Gasteiger charge is 2.47. The van der Waals surface area contributed by atoms with E-state index in [0.717, 1.165) is 23.6 Å². The molecule has 1 unspecified atom stereocenters. The van der Waals surface area contributed by atoms with Crippen molar-refractivity contribution in [2.75, 3.05) is 13.1 Å². The van der Waals surface area contributed by atoms with Crippen LogP contribution in [0.4, 0.5) is 13.2 Å². The minimum atomic E-state index is -4.44. The van der Waals surface area contributed by atoms with Crippen molar-refractivity contribution in [3.63, 3.8) is 0 Å². The Hall–Kier alpha value is -2.54. The van der Waals surface area contributed by atoms with Crippen LogP contribution in [0.2, 0.25) is 5.02 Å². The van der Waals surface area contributed by atoms with Crippen LogP contribution in [0.1, 0.15) is 60.3 Å². The number of piperidine rings is 1. The molecule has 2 amide bonds. The summed E-state index contributed by atoms with van der Waals surface area (Å²) >= 11 is 6.57. The maximum absolute atomic E-state index is 13.2. The molecule has 2 aliphatic rings. The summed E-state index contributed by atoms with van der Waals surface area (Å²) in [5.74, 6) is -0.486. The van der Waals surface area contributed by atoms with Crippen LogP contribution < -0.4 is 5.73 Å². The number of carbonyl (C=O) groups is 2. The van der Waals surface area contributed by atoms with Gasteiger partial charge in [0.2, 0.25) is 11.8 Å². The van der Waals surface area contributed by atoms with Crippen molar-refractivity contribution in [3.05, 3.63) is 69.7 Å². The molecular formula is C25H26ClF3N2O2. The van der Waals surface area contributed by atoms with E-state index in [1.165, 1.54) is 12.1 Å². The Labute approximate surface area is 195 Å². The van der Waals surface area contributed by atoms with Crippen LogP contribution in [0.5, 0.6) is 0 Å². The zero-order valence-electron chi connectivity index (χ0n) is 18.1. The lowest BCUT2D eigenvalue weighted by Gasteiger charge is -2.41. The number of hydrogen-bond acceptors (Lipinski definition) is 2. The topological polar surface area (TPSA) is 63.4 Å². The fourth-order valence-electron chi connectivity index (χ4n) is 5.60. The summed E-state index contributed by atoms with van der Waals surface area (Å²) in [4.78, 5) is 26.2. The minimum absolute atomic E-state index is 0.0114. The lowest BCUT2D eigenvalue weighted by Crippen LogP contribution is -2.44. The van der Waals surface area contributed by atoms with E-state index < -0.39 is 11.7 Å². The molecule has 4 nitrogen and oxygen atoms in total. The van der Waals surface area contributed by atoms with Crippen LogP contribution in [-0.4, -0.2) is 29.8 Å². The first kappa shape index (κ1) is 23.6. The summed E-state index contributed by atoms with van der Waals surface area (Å²) in [6.45, 7) is 1.02. The van der Waals surface area contributed by atoms with E-state index in [1.54, 1.807) is 11.0 Å². The normalized spacial score (nSPS) is 19.5. The molecule has 2 aromatic rings. The number of halogens is 4. The Morgan fingerprint density at radius 2 is 1.79 bits per heavy atom. The molecule has 2 aromatic carbocycles. The summed E-state index contributed by atoms with van der Waals surface area (Å²) in [6, 6.07) is 11.1. The van der Waals surface area contributed by atoms with Gasteiger partial charge in [0.25, 0.3) is 0 Å². The van der Waals surface area contributed by atoms with E-state index in [1.807, 2.05) is 18.2 Å². The van der Waals surface area contributed by atoms with Crippen LogP contribution in [-0.2, 0) is 27.6 Å². The highest BCUT2D eigenvalue weighted by atomic mass is 35.5. The van der Waals surface area contributed by atoms with Gasteiger partial charge in [-0.3, -0.25) is 9.59 Å². The summed E-state index contributed by atoms with van der Waals surface area (Å²) in [5, 5.41) is 0.669. The average molecular weight is 479 g/mol. The molecule has 0 radical (unpaired) electrons. The zero-order chi connectivity index (χ0) is 23.8. The number of likely N-dealkylation sites (tertiary alicyclic amines) is 1. The average Bonchev–Trinajstić information content (AvgIpc) is 3.05. The molecule has 8 heteroatoms.